The van der Waals surface area contributed by atoms with E-state index in [4.69, 9.17) is 4.74 Å². The van der Waals surface area contributed by atoms with Gasteiger partial charge in [0.15, 0.2) is 0 Å². The highest BCUT2D eigenvalue weighted by Crippen LogP contribution is 2.55. The molecule has 0 unspecified atom stereocenters. The fourth-order valence-electron chi connectivity index (χ4n) is 2.62. The Morgan fingerprint density at radius 2 is 1.86 bits per heavy atom. The number of hydrogen-bond donors (Lipinski definition) is 1. The molecule has 78 valence electrons. The van der Waals surface area contributed by atoms with E-state index in [0.717, 1.165) is 25.2 Å². The predicted molar refractivity (Wildman–Crippen MR) is 53.7 cm³/mol. The summed E-state index contributed by atoms with van der Waals surface area (Å²) in [5.74, 6) is 1.91. The van der Waals surface area contributed by atoms with Gasteiger partial charge in [-0.2, -0.15) is 0 Å². The van der Waals surface area contributed by atoms with E-state index in [1.165, 1.54) is 25.7 Å². The van der Waals surface area contributed by atoms with Gasteiger partial charge < -0.3 is 9.84 Å². The van der Waals surface area contributed by atoms with E-state index in [0.29, 0.717) is 11.8 Å². The fraction of sp³-hybridized carbons (Fsp3) is 0.833. The summed E-state index contributed by atoms with van der Waals surface area (Å²) in [6, 6.07) is 0. The van der Waals surface area contributed by atoms with Gasteiger partial charge in [0.25, 0.3) is 0 Å². The molecule has 3 aliphatic rings. The second-order valence-electron chi connectivity index (χ2n) is 4.93. The minimum Gasteiger partial charge on any atom is -0.495 e. The Bertz CT molecular complexity index is 249. The van der Waals surface area contributed by atoms with Crippen LogP contribution in [0.15, 0.2) is 11.8 Å². The number of hydrogen-bond acceptors (Lipinski definition) is 2. The maximum absolute atomic E-state index is 10.7. The van der Waals surface area contributed by atoms with E-state index in [-0.39, 0.29) is 0 Å². The first kappa shape index (κ1) is 8.78. The molecule has 1 N–H and O–H groups in total. The van der Waals surface area contributed by atoms with Crippen LogP contribution in [0.4, 0.5) is 0 Å². The summed E-state index contributed by atoms with van der Waals surface area (Å²) in [5, 5.41) is 10.7. The van der Waals surface area contributed by atoms with E-state index in [1.807, 2.05) is 0 Å². The molecule has 2 nitrogen and oxygen atoms in total. The molecule has 2 saturated carbocycles. The topological polar surface area (TPSA) is 29.5 Å². The second kappa shape index (κ2) is 2.99. The number of rotatable bonds is 3. The van der Waals surface area contributed by atoms with Gasteiger partial charge in [-0.05, 0) is 56.4 Å². The van der Waals surface area contributed by atoms with E-state index >= 15 is 0 Å². The van der Waals surface area contributed by atoms with Crippen LogP contribution in [0, 0.1) is 11.8 Å². The minimum atomic E-state index is -0.569. The molecule has 3 rings (SSSR count). The molecule has 2 aliphatic carbocycles. The van der Waals surface area contributed by atoms with E-state index in [9.17, 15) is 5.11 Å². The SMILES string of the molecule is OC(C1=CCCCO1)(C1CC1)C1CC1. The van der Waals surface area contributed by atoms with Gasteiger partial charge in [0.05, 0.1) is 6.61 Å². The molecular weight excluding hydrogens is 176 g/mol. The van der Waals surface area contributed by atoms with Crippen molar-refractivity contribution in [3.8, 4) is 0 Å². The lowest BCUT2D eigenvalue weighted by Crippen LogP contribution is -2.38. The molecule has 0 aromatic heterocycles. The lowest BCUT2D eigenvalue weighted by Gasteiger charge is -2.32. The fourth-order valence-corrected chi connectivity index (χ4v) is 2.62. The van der Waals surface area contributed by atoms with Crippen LogP contribution in [0.5, 0.6) is 0 Å². The quantitative estimate of drug-likeness (QED) is 0.746. The zero-order valence-corrected chi connectivity index (χ0v) is 8.54. The van der Waals surface area contributed by atoms with Gasteiger partial charge in [-0.15, -0.1) is 0 Å². The Balaban J connectivity index is 1.86. The number of allylic oxidation sites excluding steroid dienone is 1. The van der Waals surface area contributed by atoms with Crippen LogP contribution in [-0.2, 0) is 4.74 Å². The van der Waals surface area contributed by atoms with Crippen molar-refractivity contribution in [1.29, 1.82) is 0 Å². The third kappa shape index (κ3) is 1.28. The van der Waals surface area contributed by atoms with Crippen molar-refractivity contribution in [1.82, 2.24) is 0 Å². The van der Waals surface area contributed by atoms with Crippen molar-refractivity contribution in [2.75, 3.05) is 6.61 Å². The van der Waals surface area contributed by atoms with E-state index < -0.39 is 5.60 Å². The Morgan fingerprint density at radius 3 is 2.29 bits per heavy atom. The molecule has 0 amide bonds. The molecule has 2 heteroatoms. The first-order valence-corrected chi connectivity index (χ1v) is 5.87. The van der Waals surface area contributed by atoms with Crippen molar-refractivity contribution in [3.63, 3.8) is 0 Å². The van der Waals surface area contributed by atoms with Crippen molar-refractivity contribution in [2.45, 2.75) is 44.1 Å². The zero-order chi connectivity index (χ0) is 9.60. The Labute approximate surface area is 85.0 Å². The zero-order valence-electron chi connectivity index (χ0n) is 8.54. The maximum Gasteiger partial charge on any atom is 0.127 e. The van der Waals surface area contributed by atoms with E-state index in [2.05, 4.69) is 6.08 Å². The summed E-state index contributed by atoms with van der Waals surface area (Å²) in [4.78, 5) is 0. The monoisotopic (exact) mass is 194 g/mol. The first-order chi connectivity index (χ1) is 6.82. The molecule has 0 atom stereocenters. The van der Waals surface area contributed by atoms with Gasteiger partial charge in [0.2, 0.25) is 0 Å². The molecule has 0 spiro atoms. The van der Waals surface area contributed by atoms with Crippen LogP contribution in [0.25, 0.3) is 0 Å². The third-order valence-corrected chi connectivity index (χ3v) is 3.73. The van der Waals surface area contributed by atoms with Crippen LogP contribution in [0.3, 0.4) is 0 Å². The van der Waals surface area contributed by atoms with Gasteiger partial charge in [0, 0.05) is 0 Å². The molecule has 14 heavy (non-hydrogen) atoms. The van der Waals surface area contributed by atoms with Gasteiger partial charge >= 0.3 is 0 Å². The molecule has 0 radical (unpaired) electrons. The third-order valence-electron chi connectivity index (χ3n) is 3.73. The molecule has 0 bridgehead atoms. The lowest BCUT2D eigenvalue weighted by molar-refractivity contribution is -0.0298. The smallest absolute Gasteiger partial charge is 0.127 e. The van der Waals surface area contributed by atoms with Crippen LogP contribution in [0.1, 0.15) is 38.5 Å². The minimum absolute atomic E-state index is 0.499. The van der Waals surface area contributed by atoms with Crippen LogP contribution >= 0.6 is 0 Å². The average Bonchev–Trinajstić information content (AvgIpc) is 3.06. The van der Waals surface area contributed by atoms with E-state index in [1.54, 1.807) is 0 Å². The van der Waals surface area contributed by atoms with Crippen molar-refractivity contribution in [2.24, 2.45) is 11.8 Å². The van der Waals surface area contributed by atoms with Crippen LogP contribution < -0.4 is 0 Å². The standard InChI is InChI=1S/C12H18O2/c13-12(9-4-5-9,10-6-7-10)11-3-1-2-8-14-11/h3,9-10,13H,1-2,4-8H2. The Hall–Kier alpha value is -0.500. The highest BCUT2D eigenvalue weighted by atomic mass is 16.5. The summed E-state index contributed by atoms with van der Waals surface area (Å²) in [6.07, 6.45) is 9.06. The Morgan fingerprint density at radius 1 is 1.21 bits per heavy atom. The number of ether oxygens (including phenoxy) is 1. The van der Waals surface area contributed by atoms with Crippen LogP contribution in [0.2, 0.25) is 0 Å². The summed E-state index contributed by atoms with van der Waals surface area (Å²) in [7, 11) is 0. The molecule has 0 aromatic rings. The summed E-state index contributed by atoms with van der Waals surface area (Å²) in [6.45, 7) is 0.799. The molecule has 0 saturated heterocycles. The Kier molecular flexibility index (Phi) is 1.88. The van der Waals surface area contributed by atoms with Crippen molar-refractivity contribution < 1.29 is 9.84 Å². The molecular formula is C12H18O2. The van der Waals surface area contributed by atoms with Gasteiger partial charge in [0.1, 0.15) is 11.4 Å². The normalized spacial score (nSPS) is 28.2. The highest BCUT2D eigenvalue weighted by Gasteiger charge is 2.56. The summed E-state index contributed by atoms with van der Waals surface area (Å²) < 4.78 is 5.66. The second-order valence-corrected chi connectivity index (χ2v) is 4.93. The summed E-state index contributed by atoms with van der Waals surface area (Å²) >= 11 is 0. The van der Waals surface area contributed by atoms with Gasteiger partial charge in [-0.3, -0.25) is 0 Å². The average molecular weight is 194 g/mol. The van der Waals surface area contributed by atoms with Crippen LogP contribution in [-0.4, -0.2) is 17.3 Å². The van der Waals surface area contributed by atoms with Crippen molar-refractivity contribution >= 4 is 0 Å². The largest absolute Gasteiger partial charge is 0.495 e. The molecule has 2 fully saturated rings. The maximum atomic E-state index is 10.7. The predicted octanol–water partition coefficient (Wildman–Crippen LogP) is 2.23. The van der Waals surface area contributed by atoms with Crippen molar-refractivity contribution in [3.05, 3.63) is 11.8 Å². The molecule has 0 aromatic carbocycles. The number of aliphatic hydroxyl groups is 1. The summed E-state index contributed by atoms with van der Waals surface area (Å²) in [5.41, 5.74) is -0.569. The van der Waals surface area contributed by atoms with Gasteiger partial charge in [-0.1, -0.05) is 0 Å². The first-order valence-electron chi connectivity index (χ1n) is 5.87. The molecule has 1 heterocycles. The molecule has 1 aliphatic heterocycles. The lowest BCUT2D eigenvalue weighted by atomic mass is 9.88. The highest BCUT2D eigenvalue weighted by molar-refractivity contribution is 5.22. The van der Waals surface area contributed by atoms with Gasteiger partial charge in [-0.25, -0.2) is 0 Å².